The number of Topliss-reactive ketones (excluding diaryl/α,β-unsaturated/α-hetero) is 1. The van der Waals surface area contributed by atoms with Gasteiger partial charge >= 0.3 is 0 Å². The van der Waals surface area contributed by atoms with Gasteiger partial charge in [-0.15, -0.1) is 0 Å². The molecule has 0 saturated heterocycles. The van der Waals surface area contributed by atoms with Gasteiger partial charge in [0.2, 0.25) is 0 Å². The summed E-state index contributed by atoms with van der Waals surface area (Å²) in [6, 6.07) is 9.93. The summed E-state index contributed by atoms with van der Waals surface area (Å²) in [6.07, 6.45) is 3.14. The Balaban J connectivity index is 2.23. The largest absolute Gasteiger partial charge is 0.300 e. The molecule has 0 aliphatic heterocycles. The monoisotopic (exact) mass is 199 g/mol. The summed E-state index contributed by atoms with van der Waals surface area (Å²) in [5.74, 6) is 0.763. The van der Waals surface area contributed by atoms with E-state index < -0.39 is 0 Å². The highest BCUT2D eigenvalue weighted by atomic mass is 16.1. The third kappa shape index (κ3) is 2.07. The number of benzene rings is 1. The van der Waals surface area contributed by atoms with E-state index >= 15 is 0 Å². The average Bonchev–Trinajstić information content (AvgIpc) is 2.30. The molecular weight excluding hydrogens is 186 g/mol. The number of nitriles is 1. The van der Waals surface area contributed by atoms with Crippen LogP contribution in [-0.2, 0) is 4.79 Å². The lowest BCUT2D eigenvalue weighted by molar-refractivity contribution is -0.120. The van der Waals surface area contributed by atoms with Crippen molar-refractivity contribution < 1.29 is 4.79 Å². The summed E-state index contributed by atoms with van der Waals surface area (Å²) < 4.78 is 0. The third-order valence-corrected chi connectivity index (χ3v) is 3.06. The van der Waals surface area contributed by atoms with E-state index in [-0.39, 0.29) is 0 Å². The predicted molar refractivity (Wildman–Crippen MR) is 57.4 cm³/mol. The molecule has 2 nitrogen and oxygen atoms in total. The molecule has 0 amide bonds. The van der Waals surface area contributed by atoms with Crippen molar-refractivity contribution in [3.63, 3.8) is 0 Å². The average molecular weight is 199 g/mol. The van der Waals surface area contributed by atoms with Crippen LogP contribution in [0.1, 0.15) is 42.7 Å². The Labute approximate surface area is 89.5 Å². The van der Waals surface area contributed by atoms with E-state index in [1.807, 2.05) is 24.3 Å². The molecule has 0 spiro atoms. The predicted octanol–water partition coefficient (Wildman–Crippen LogP) is 2.78. The topological polar surface area (TPSA) is 40.9 Å². The second-order valence-corrected chi connectivity index (χ2v) is 4.01. The minimum Gasteiger partial charge on any atom is -0.300 e. The molecule has 0 heterocycles. The van der Waals surface area contributed by atoms with Crippen LogP contribution in [-0.4, -0.2) is 5.78 Å². The number of carbonyl (C=O) groups excluding carboxylic acids is 1. The van der Waals surface area contributed by atoms with Crippen LogP contribution in [0.25, 0.3) is 0 Å². The van der Waals surface area contributed by atoms with Gasteiger partial charge in [-0.05, 0) is 30.4 Å². The van der Waals surface area contributed by atoms with Gasteiger partial charge in [0.15, 0.2) is 0 Å². The molecule has 0 atom stereocenters. The van der Waals surface area contributed by atoms with Crippen molar-refractivity contribution in [2.75, 3.05) is 0 Å². The Morgan fingerprint density at radius 2 is 1.87 bits per heavy atom. The molecule has 0 aromatic heterocycles. The van der Waals surface area contributed by atoms with Crippen LogP contribution >= 0.6 is 0 Å². The Kier molecular flexibility index (Phi) is 2.82. The van der Waals surface area contributed by atoms with Gasteiger partial charge in [-0.1, -0.05) is 18.2 Å². The zero-order chi connectivity index (χ0) is 10.7. The molecule has 1 aliphatic carbocycles. The van der Waals surface area contributed by atoms with Crippen LogP contribution in [0.2, 0.25) is 0 Å². The van der Waals surface area contributed by atoms with Crippen LogP contribution in [0.5, 0.6) is 0 Å². The number of rotatable bonds is 1. The molecule has 0 unspecified atom stereocenters. The summed E-state index contributed by atoms with van der Waals surface area (Å²) >= 11 is 0. The molecule has 1 fully saturated rings. The van der Waals surface area contributed by atoms with Crippen molar-refractivity contribution in [3.8, 4) is 6.07 Å². The minimum atomic E-state index is 0.362. The number of carbonyl (C=O) groups is 1. The van der Waals surface area contributed by atoms with Gasteiger partial charge in [-0.3, -0.25) is 4.79 Å². The Morgan fingerprint density at radius 3 is 2.53 bits per heavy atom. The van der Waals surface area contributed by atoms with Gasteiger partial charge in [0.1, 0.15) is 5.78 Å². The van der Waals surface area contributed by atoms with E-state index in [1.165, 1.54) is 0 Å². The molecule has 1 aromatic carbocycles. The summed E-state index contributed by atoms with van der Waals surface area (Å²) in [7, 11) is 0. The first-order valence-corrected chi connectivity index (χ1v) is 5.32. The molecule has 2 rings (SSSR count). The number of ketones is 1. The second-order valence-electron chi connectivity index (χ2n) is 4.01. The van der Waals surface area contributed by atoms with Crippen LogP contribution < -0.4 is 0 Å². The fourth-order valence-electron chi connectivity index (χ4n) is 2.21. The Bertz CT molecular complexity index is 407. The Morgan fingerprint density at radius 1 is 1.20 bits per heavy atom. The normalized spacial score (nSPS) is 17.4. The maximum absolute atomic E-state index is 11.1. The van der Waals surface area contributed by atoms with Crippen LogP contribution in [0, 0.1) is 11.3 Å². The fourth-order valence-corrected chi connectivity index (χ4v) is 2.21. The van der Waals surface area contributed by atoms with Gasteiger partial charge < -0.3 is 0 Å². The lowest BCUT2D eigenvalue weighted by atomic mass is 9.82. The smallest absolute Gasteiger partial charge is 0.132 e. The molecule has 1 saturated carbocycles. The maximum atomic E-state index is 11.1. The van der Waals surface area contributed by atoms with E-state index in [2.05, 4.69) is 6.07 Å². The van der Waals surface area contributed by atoms with Gasteiger partial charge in [0.05, 0.1) is 11.6 Å². The first kappa shape index (κ1) is 9.92. The minimum absolute atomic E-state index is 0.362. The molecule has 0 N–H and O–H groups in total. The molecule has 1 aromatic rings. The molecule has 15 heavy (non-hydrogen) atoms. The fraction of sp³-hybridized carbons (Fsp3) is 0.385. The maximum Gasteiger partial charge on any atom is 0.132 e. The third-order valence-electron chi connectivity index (χ3n) is 3.06. The summed E-state index contributed by atoms with van der Waals surface area (Å²) in [4.78, 5) is 11.1. The van der Waals surface area contributed by atoms with Crippen LogP contribution in [0.15, 0.2) is 24.3 Å². The van der Waals surface area contributed by atoms with Gasteiger partial charge in [0.25, 0.3) is 0 Å². The van der Waals surface area contributed by atoms with Crippen molar-refractivity contribution in [1.82, 2.24) is 0 Å². The number of nitrogens with zero attached hydrogens (tertiary/aromatic N) is 1. The van der Waals surface area contributed by atoms with Crippen molar-refractivity contribution in [1.29, 1.82) is 5.26 Å². The van der Waals surface area contributed by atoms with Crippen molar-refractivity contribution in [2.24, 2.45) is 0 Å². The van der Waals surface area contributed by atoms with Gasteiger partial charge in [0, 0.05) is 12.8 Å². The van der Waals surface area contributed by atoms with Gasteiger partial charge in [-0.25, -0.2) is 0 Å². The first-order valence-electron chi connectivity index (χ1n) is 5.32. The van der Waals surface area contributed by atoms with E-state index in [9.17, 15) is 4.79 Å². The standard InChI is InChI=1S/C13H13NO/c14-9-11-3-1-2-4-13(11)10-5-7-12(15)8-6-10/h1-4,10H,5-8H2. The van der Waals surface area contributed by atoms with Crippen molar-refractivity contribution in [2.45, 2.75) is 31.6 Å². The van der Waals surface area contributed by atoms with Crippen molar-refractivity contribution >= 4 is 5.78 Å². The van der Waals surface area contributed by atoms with Crippen molar-refractivity contribution in [3.05, 3.63) is 35.4 Å². The molecule has 0 bridgehead atoms. The van der Waals surface area contributed by atoms with E-state index in [4.69, 9.17) is 5.26 Å². The SMILES string of the molecule is N#Cc1ccccc1C1CCC(=O)CC1. The van der Waals surface area contributed by atoms with E-state index in [1.54, 1.807) is 0 Å². The highest BCUT2D eigenvalue weighted by molar-refractivity contribution is 5.79. The number of hydrogen-bond acceptors (Lipinski definition) is 2. The lowest BCUT2D eigenvalue weighted by Crippen LogP contribution is -2.13. The molecule has 1 aliphatic rings. The molecule has 0 radical (unpaired) electrons. The van der Waals surface area contributed by atoms with E-state index in [0.29, 0.717) is 24.5 Å². The molecular formula is C13H13NO. The van der Waals surface area contributed by atoms with Gasteiger partial charge in [-0.2, -0.15) is 5.26 Å². The van der Waals surface area contributed by atoms with E-state index in [0.717, 1.165) is 24.0 Å². The van der Waals surface area contributed by atoms with Crippen LogP contribution in [0.3, 0.4) is 0 Å². The first-order chi connectivity index (χ1) is 7.31. The summed E-state index contributed by atoms with van der Waals surface area (Å²) in [5, 5.41) is 8.98. The molecule has 2 heteroatoms. The van der Waals surface area contributed by atoms with Crippen LogP contribution in [0.4, 0.5) is 0 Å². The Hall–Kier alpha value is -1.62. The summed E-state index contributed by atoms with van der Waals surface area (Å²) in [5.41, 5.74) is 1.88. The number of hydrogen-bond donors (Lipinski definition) is 0. The summed E-state index contributed by atoms with van der Waals surface area (Å²) in [6.45, 7) is 0. The second kappa shape index (κ2) is 4.27. The highest BCUT2D eigenvalue weighted by Crippen LogP contribution is 2.32. The highest BCUT2D eigenvalue weighted by Gasteiger charge is 2.21. The zero-order valence-corrected chi connectivity index (χ0v) is 8.57. The molecule has 76 valence electrons. The quantitative estimate of drug-likeness (QED) is 0.697. The lowest BCUT2D eigenvalue weighted by Gasteiger charge is -2.21. The zero-order valence-electron chi connectivity index (χ0n) is 8.57.